The van der Waals surface area contributed by atoms with Gasteiger partial charge in [-0.3, -0.25) is 4.79 Å². The molecular formula is C28H28N2O3. The number of carbonyl (C=O) groups excluding carboxylic acids is 1. The predicted molar refractivity (Wildman–Crippen MR) is 131 cm³/mol. The number of nitrogens with zero attached hydrogens (tertiary/aromatic N) is 1. The number of benzene rings is 3. The number of carbonyl (C=O) groups is 1. The molecule has 0 bridgehead atoms. The zero-order chi connectivity index (χ0) is 24.0. The van der Waals surface area contributed by atoms with Gasteiger partial charge in [-0.2, -0.15) is 5.26 Å². The summed E-state index contributed by atoms with van der Waals surface area (Å²) in [5.74, 6) is 0.653. The molecule has 0 aromatic heterocycles. The fraction of sp³-hybridized carbons (Fsp3) is 0.214. The first-order valence-electron chi connectivity index (χ1n) is 10.7. The number of nitrogens with one attached hydrogen (secondary N) is 1. The maximum absolute atomic E-state index is 12.6. The Morgan fingerprint density at radius 2 is 1.61 bits per heavy atom. The van der Waals surface area contributed by atoms with Crippen LogP contribution >= 0.6 is 0 Å². The lowest BCUT2D eigenvalue weighted by atomic mass is 10.1. The zero-order valence-electron chi connectivity index (χ0n) is 19.7. The van der Waals surface area contributed by atoms with Crippen molar-refractivity contribution in [1.29, 1.82) is 5.26 Å². The molecule has 0 heterocycles. The van der Waals surface area contributed by atoms with Gasteiger partial charge in [0.1, 0.15) is 18.2 Å². The van der Waals surface area contributed by atoms with Crippen molar-refractivity contribution in [3.05, 3.63) is 93.6 Å². The van der Waals surface area contributed by atoms with Crippen LogP contribution in [0.2, 0.25) is 0 Å². The SMILES string of the molecule is COc1cc(/C=C(\C#N)C(=O)Nc2ccc(C)c(C)c2)ccc1OCc1ccc(C)c(C)c1. The molecule has 0 unspecified atom stereocenters. The number of hydrogen-bond donors (Lipinski definition) is 1. The highest BCUT2D eigenvalue weighted by molar-refractivity contribution is 6.09. The maximum atomic E-state index is 12.6. The van der Waals surface area contributed by atoms with E-state index in [1.54, 1.807) is 25.3 Å². The van der Waals surface area contributed by atoms with Crippen LogP contribution < -0.4 is 14.8 Å². The predicted octanol–water partition coefficient (Wildman–Crippen LogP) is 6.05. The number of aryl methyl sites for hydroxylation is 4. The van der Waals surface area contributed by atoms with Gasteiger partial charge in [0.2, 0.25) is 0 Å². The molecule has 1 N–H and O–H groups in total. The third kappa shape index (κ3) is 6.02. The molecule has 0 aliphatic rings. The van der Waals surface area contributed by atoms with Gasteiger partial charge in [0.15, 0.2) is 11.5 Å². The van der Waals surface area contributed by atoms with E-state index in [1.165, 1.54) is 17.2 Å². The minimum Gasteiger partial charge on any atom is -0.493 e. The molecule has 0 saturated heterocycles. The molecule has 33 heavy (non-hydrogen) atoms. The minimum absolute atomic E-state index is 0.000852. The number of rotatable bonds is 7. The first-order chi connectivity index (χ1) is 15.8. The highest BCUT2D eigenvalue weighted by Crippen LogP contribution is 2.30. The fourth-order valence-corrected chi connectivity index (χ4v) is 3.28. The standard InChI is InChI=1S/C28H28N2O3/c1-18-6-8-23(12-20(18)3)17-33-26-11-9-22(15-27(26)32-5)14-24(16-29)28(31)30-25-10-7-19(2)21(4)13-25/h6-15H,17H2,1-5H3,(H,30,31)/b24-14+. The van der Waals surface area contributed by atoms with Crippen molar-refractivity contribution in [3.63, 3.8) is 0 Å². The van der Waals surface area contributed by atoms with Crippen LogP contribution in [-0.4, -0.2) is 13.0 Å². The van der Waals surface area contributed by atoms with Crippen molar-refractivity contribution in [2.45, 2.75) is 34.3 Å². The van der Waals surface area contributed by atoms with Crippen LogP contribution in [0, 0.1) is 39.0 Å². The summed E-state index contributed by atoms with van der Waals surface area (Å²) >= 11 is 0. The van der Waals surface area contributed by atoms with Crippen LogP contribution in [0.3, 0.4) is 0 Å². The Morgan fingerprint density at radius 1 is 0.909 bits per heavy atom. The minimum atomic E-state index is -0.463. The quantitative estimate of drug-likeness (QED) is 0.358. The first kappa shape index (κ1) is 23.6. The summed E-state index contributed by atoms with van der Waals surface area (Å²) in [7, 11) is 1.56. The summed E-state index contributed by atoms with van der Waals surface area (Å²) < 4.78 is 11.4. The van der Waals surface area contributed by atoms with E-state index in [0.29, 0.717) is 29.4 Å². The number of amides is 1. The van der Waals surface area contributed by atoms with Crippen molar-refractivity contribution in [3.8, 4) is 17.6 Å². The summed E-state index contributed by atoms with van der Waals surface area (Å²) in [5.41, 5.74) is 7.04. The normalized spacial score (nSPS) is 11.0. The van der Waals surface area contributed by atoms with Gasteiger partial charge in [-0.15, -0.1) is 0 Å². The molecule has 0 saturated carbocycles. The van der Waals surface area contributed by atoms with E-state index in [9.17, 15) is 10.1 Å². The van der Waals surface area contributed by atoms with Crippen molar-refractivity contribution in [1.82, 2.24) is 0 Å². The third-order valence-corrected chi connectivity index (χ3v) is 5.59. The van der Waals surface area contributed by atoms with Crippen LogP contribution in [0.4, 0.5) is 5.69 Å². The molecule has 5 heteroatoms. The lowest BCUT2D eigenvalue weighted by Crippen LogP contribution is -2.13. The molecule has 0 aliphatic carbocycles. The molecule has 0 radical (unpaired) electrons. The number of anilines is 1. The largest absolute Gasteiger partial charge is 0.493 e. The maximum Gasteiger partial charge on any atom is 0.266 e. The Balaban J connectivity index is 1.75. The van der Waals surface area contributed by atoms with Gasteiger partial charge in [0, 0.05) is 5.69 Å². The lowest BCUT2D eigenvalue weighted by Gasteiger charge is -2.12. The van der Waals surface area contributed by atoms with Gasteiger partial charge >= 0.3 is 0 Å². The fourth-order valence-electron chi connectivity index (χ4n) is 3.28. The van der Waals surface area contributed by atoms with Gasteiger partial charge in [-0.1, -0.05) is 30.3 Å². The first-order valence-corrected chi connectivity index (χ1v) is 10.7. The van der Waals surface area contributed by atoms with Gasteiger partial charge in [-0.05, 0) is 91.4 Å². The van der Waals surface area contributed by atoms with Gasteiger partial charge in [0.25, 0.3) is 5.91 Å². The molecule has 5 nitrogen and oxygen atoms in total. The third-order valence-electron chi connectivity index (χ3n) is 5.59. The van der Waals surface area contributed by atoms with E-state index in [4.69, 9.17) is 9.47 Å². The molecule has 168 valence electrons. The van der Waals surface area contributed by atoms with E-state index >= 15 is 0 Å². The average molecular weight is 441 g/mol. The second-order valence-corrected chi connectivity index (χ2v) is 8.04. The summed E-state index contributed by atoms with van der Waals surface area (Å²) in [6, 6.07) is 19.2. The van der Waals surface area contributed by atoms with Crippen LogP contribution in [0.1, 0.15) is 33.4 Å². The van der Waals surface area contributed by atoms with E-state index < -0.39 is 5.91 Å². The van der Waals surface area contributed by atoms with Crippen LogP contribution in [0.15, 0.2) is 60.2 Å². The molecule has 0 spiro atoms. The highest BCUT2D eigenvalue weighted by atomic mass is 16.5. The zero-order valence-corrected chi connectivity index (χ0v) is 19.7. The van der Waals surface area contributed by atoms with E-state index in [0.717, 1.165) is 16.7 Å². The summed E-state index contributed by atoms with van der Waals surface area (Å²) in [6.45, 7) is 8.54. The van der Waals surface area contributed by atoms with Gasteiger partial charge < -0.3 is 14.8 Å². The summed E-state index contributed by atoms with van der Waals surface area (Å²) in [4.78, 5) is 12.6. The second-order valence-electron chi connectivity index (χ2n) is 8.04. The van der Waals surface area contributed by atoms with Crippen molar-refractivity contribution in [2.24, 2.45) is 0 Å². The highest BCUT2D eigenvalue weighted by Gasteiger charge is 2.12. The Labute approximate surface area is 195 Å². The summed E-state index contributed by atoms with van der Waals surface area (Å²) in [5, 5.41) is 12.3. The van der Waals surface area contributed by atoms with Crippen LogP contribution in [0.5, 0.6) is 11.5 Å². The van der Waals surface area contributed by atoms with Gasteiger partial charge in [-0.25, -0.2) is 0 Å². The molecule has 3 rings (SSSR count). The topological polar surface area (TPSA) is 71.3 Å². The van der Waals surface area contributed by atoms with E-state index in [1.807, 2.05) is 44.2 Å². The number of ether oxygens (including phenoxy) is 2. The molecular weight excluding hydrogens is 412 g/mol. The van der Waals surface area contributed by atoms with Crippen LogP contribution in [-0.2, 0) is 11.4 Å². The van der Waals surface area contributed by atoms with Crippen molar-refractivity contribution in [2.75, 3.05) is 12.4 Å². The smallest absolute Gasteiger partial charge is 0.266 e. The number of methoxy groups -OCH3 is 1. The van der Waals surface area contributed by atoms with Gasteiger partial charge in [0.05, 0.1) is 7.11 Å². The molecule has 3 aromatic rings. The van der Waals surface area contributed by atoms with E-state index in [-0.39, 0.29) is 5.57 Å². The molecule has 1 amide bonds. The molecule has 0 aliphatic heterocycles. The Morgan fingerprint density at radius 3 is 2.24 bits per heavy atom. The second kappa shape index (κ2) is 10.5. The van der Waals surface area contributed by atoms with Crippen molar-refractivity contribution >= 4 is 17.7 Å². The number of hydrogen-bond acceptors (Lipinski definition) is 4. The average Bonchev–Trinajstić information content (AvgIpc) is 2.80. The molecule has 0 fully saturated rings. The number of nitriles is 1. The Kier molecular flexibility index (Phi) is 7.53. The molecule has 3 aromatic carbocycles. The Bertz CT molecular complexity index is 1250. The Hall–Kier alpha value is -4.04. The lowest BCUT2D eigenvalue weighted by molar-refractivity contribution is -0.112. The van der Waals surface area contributed by atoms with E-state index in [2.05, 4.69) is 31.3 Å². The summed E-state index contributed by atoms with van der Waals surface area (Å²) in [6.07, 6.45) is 1.53. The monoisotopic (exact) mass is 440 g/mol. The van der Waals surface area contributed by atoms with Crippen molar-refractivity contribution < 1.29 is 14.3 Å². The molecule has 0 atom stereocenters. The van der Waals surface area contributed by atoms with Crippen LogP contribution in [0.25, 0.3) is 6.08 Å².